The number of fused-ring (bicyclic) bond motifs is 4. The summed E-state index contributed by atoms with van der Waals surface area (Å²) in [4.78, 5) is 0. The fourth-order valence-electron chi connectivity index (χ4n) is 9.25. The molecule has 0 saturated heterocycles. The first kappa shape index (κ1) is 59.7. The van der Waals surface area contributed by atoms with E-state index in [0.717, 1.165) is 0 Å². The van der Waals surface area contributed by atoms with E-state index >= 15 is 0 Å². The second kappa shape index (κ2) is 32.4. The van der Waals surface area contributed by atoms with E-state index in [2.05, 4.69) is 201 Å². The fourth-order valence-corrected chi connectivity index (χ4v) is 11.0. The van der Waals surface area contributed by atoms with Crippen LogP contribution in [0.1, 0.15) is 191 Å². The van der Waals surface area contributed by atoms with E-state index in [0.29, 0.717) is 23.7 Å². The molecule has 2 saturated carbocycles. The molecule has 0 bridgehead atoms. The Hall–Kier alpha value is -2.59. The van der Waals surface area contributed by atoms with Gasteiger partial charge in [-0.05, 0) is 0 Å². The third-order valence-electron chi connectivity index (χ3n) is 14.3. The molecule has 10 rings (SSSR count). The van der Waals surface area contributed by atoms with Crippen molar-refractivity contribution in [1.82, 2.24) is 0 Å². The van der Waals surface area contributed by atoms with Crippen LogP contribution in [0.4, 0.5) is 0 Å². The zero-order valence-corrected chi connectivity index (χ0v) is 49.2. The fraction of sp³-hybridized carbons (Fsp3) is 0.406. The summed E-state index contributed by atoms with van der Waals surface area (Å²) in [6.45, 7) is 18.1. The molecule has 0 heterocycles. The Balaban J connectivity index is 0.000000218. The van der Waals surface area contributed by atoms with Crippen LogP contribution in [0, 0.1) is 0 Å². The van der Waals surface area contributed by atoms with Gasteiger partial charge < -0.3 is 24.8 Å². The molecule has 0 aromatic heterocycles. The summed E-state index contributed by atoms with van der Waals surface area (Å²) in [7, 11) is 0. The summed E-state index contributed by atoms with van der Waals surface area (Å²) in [6, 6.07) is 52.4. The normalized spacial score (nSPS) is 14.9. The Morgan fingerprint density at radius 1 is 0.353 bits per heavy atom. The van der Waals surface area contributed by atoms with Crippen molar-refractivity contribution in [3.63, 3.8) is 0 Å². The second-order valence-corrected chi connectivity index (χ2v) is 22.5. The van der Waals surface area contributed by atoms with Gasteiger partial charge in [0.25, 0.3) is 0 Å². The Labute approximate surface area is 455 Å². The van der Waals surface area contributed by atoms with Gasteiger partial charge in [0, 0.05) is 0 Å². The molecule has 0 spiro atoms. The van der Waals surface area contributed by atoms with Crippen molar-refractivity contribution >= 4 is 49.5 Å². The van der Waals surface area contributed by atoms with E-state index in [4.69, 9.17) is 0 Å². The molecule has 2 aliphatic carbocycles. The summed E-state index contributed by atoms with van der Waals surface area (Å²) in [5.74, 6) is 2.72. The van der Waals surface area contributed by atoms with E-state index in [1.165, 1.54) is 155 Å². The van der Waals surface area contributed by atoms with Crippen molar-refractivity contribution in [2.75, 3.05) is 0 Å². The Morgan fingerprint density at radius 2 is 0.559 bits per heavy atom. The van der Waals surface area contributed by atoms with Crippen molar-refractivity contribution in [2.24, 2.45) is 0 Å². The summed E-state index contributed by atoms with van der Waals surface area (Å²) in [5.41, 5.74) is 5.99. The Morgan fingerprint density at radius 3 is 0.735 bits per heavy atom. The predicted molar refractivity (Wildman–Crippen MR) is 289 cm³/mol. The van der Waals surface area contributed by atoms with Crippen LogP contribution in [0.2, 0.25) is 0 Å². The first-order valence-electron chi connectivity index (χ1n) is 25.8. The predicted octanol–water partition coefficient (Wildman–Crippen LogP) is 13.6. The van der Waals surface area contributed by atoms with Crippen molar-refractivity contribution in [3.05, 3.63) is 168 Å². The second-order valence-electron chi connectivity index (χ2n) is 19.1. The van der Waals surface area contributed by atoms with Gasteiger partial charge in [0.2, 0.25) is 0 Å². The summed E-state index contributed by atoms with van der Waals surface area (Å²) < 4.78 is 3.61. The zero-order chi connectivity index (χ0) is 47.3. The van der Waals surface area contributed by atoms with Gasteiger partial charge in [-0.3, -0.25) is 0 Å². The van der Waals surface area contributed by atoms with Crippen LogP contribution in [-0.4, -0.2) is 6.41 Å². The van der Waals surface area contributed by atoms with Crippen LogP contribution in [0.3, 0.4) is 0 Å². The molecule has 2 aliphatic rings. The Kier molecular flexibility index (Phi) is 28.4. The van der Waals surface area contributed by atoms with Gasteiger partial charge >= 0.3 is 119 Å². The van der Waals surface area contributed by atoms with Gasteiger partial charge in [0.15, 0.2) is 0 Å². The maximum absolute atomic E-state index is 2.29. The van der Waals surface area contributed by atoms with E-state index in [1.807, 2.05) is 0 Å². The van der Waals surface area contributed by atoms with Gasteiger partial charge in [-0.2, -0.15) is 22.3 Å². The molecule has 4 unspecified atom stereocenters. The number of hydrogen-bond donors (Lipinski definition) is 0. The molecule has 0 aliphatic heterocycles. The third-order valence-corrected chi connectivity index (χ3v) is 16.8. The van der Waals surface area contributed by atoms with E-state index in [1.54, 1.807) is 54.9 Å². The first-order valence-corrected chi connectivity index (χ1v) is 28.2. The zero-order valence-electron chi connectivity index (χ0n) is 42.8. The van der Waals surface area contributed by atoms with Crippen molar-refractivity contribution in [2.45, 2.75) is 169 Å². The molecule has 8 aromatic rings. The molecule has 360 valence electrons. The molecule has 2 fully saturated rings. The van der Waals surface area contributed by atoms with E-state index in [9.17, 15) is 0 Å². The molecular formula is C64H80Cl2Zr2-2. The van der Waals surface area contributed by atoms with Gasteiger partial charge in [-0.15, -0.1) is 164 Å². The monoisotopic (exact) mass is 1100 g/mol. The maximum atomic E-state index is 2.29. The number of hydrogen-bond acceptors (Lipinski definition) is 0. The molecule has 0 amide bonds. The molecule has 4 atom stereocenters. The quantitative estimate of drug-likeness (QED) is 0.133. The van der Waals surface area contributed by atoms with Gasteiger partial charge in [0.05, 0.1) is 0 Å². The van der Waals surface area contributed by atoms with Crippen LogP contribution < -0.4 is 24.8 Å². The average molecular weight is 1100 g/mol. The topological polar surface area (TPSA) is 0 Å². The summed E-state index contributed by atoms with van der Waals surface area (Å²) in [5, 5.41) is 11.2. The summed E-state index contributed by atoms with van der Waals surface area (Å²) >= 11 is 3.38. The van der Waals surface area contributed by atoms with Gasteiger partial charge in [0.1, 0.15) is 0 Å². The van der Waals surface area contributed by atoms with Crippen LogP contribution in [0.25, 0.3) is 43.1 Å². The van der Waals surface area contributed by atoms with E-state index in [-0.39, 0.29) is 24.8 Å². The molecule has 0 radical (unpaired) electrons. The molecule has 8 aromatic carbocycles. The van der Waals surface area contributed by atoms with Crippen LogP contribution in [-0.2, 0) is 48.5 Å². The molecule has 68 heavy (non-hydrogen) atoms. The minimum atomic E-state index is 0. The van der Waals surface area contributed by atoms with Crippen LogP contribution in [0.15, 0.2) is 146 Å². The van der Waals surface area contributed by atoms with Crippen molar-refractivity contribution in [1.29, 1.82) is 0 Å². The van der Waals surface area contributed by atoms with Crippen molar-refractivity contribution < 1.29 is 73.3 Å². The summed E-state index contributed by atoms with van der Waals surface area (Å²) in [6.07, 6.45) is 19.5. The number of benzene rings is 4. The minimum absolute atomic E-state index is 0. The Bertz CT molecular complexity index is 2270. The standard InChI is InChI=1S/4C13H15.2C6H10.2ClH.2Zr/c4*1-3-10(2)12-9-8-11-6-4-5-7-13(11)12;2*1-2-4-6-5-3-1;;;;/h4*4-10H,3H2,1-2H3;2*1-5H2;2*1H;;/q4*-1;;;;;2*+2/p-2. The molecule has 0 nitrogen and oxygen atoms in total. The number of rotatable bonds is 8. The van der Waals surface area contributed by atoms with Crippen LogP contribution in [0.5, 0.6) is 0 Å². The van der Waals surface area contributed by atoms with E-state index < -0.39 is 0 Å². The first-order chi connectivity index (χ1) is 32.1. The van der Waals surface area contributed by atoms with Gasteiger partial charge in [-0.25, -0.2) is 0 Å². The molecular weight excluding hydrogens is 1020 g/mol. The van der Waals surface area contributed by atoms with Crippen LogP contribution >= 0.6 is 0 Å². The van der Waals surface area contributed by atoms with Gasteiger partial charge in [-0.1, -0.05) is 129 Å². The van der Waals surface area contributed by atoms with Crippen molar-refractivity contribution in [3.8, 4) is 0 Å². The average Bonchev–Trinajstić information content (AvgIpc) is 4.20. The third kappa shape index (κ3) is 17.9. The molecule has 0 N–H and O–H groups in total. The number of halogens is 2. The SMILES string of the molecule is CCC(C)c1c[cH-]c2ccccc12.CCC(C)c1c[cH-]c2ccccc12.CCC(C)c1c[cH-]c2ccccc12.CCC(C)c1c[cH-]c2ccccc12.[Cl-].[Cl-].[Zr+2]=[C]1CCCCC1.[Zr+2]=[C]1CCCCC1. The molecule has 4 heteroatoms.